The van der Waals surface area contributed by atoms with E-state index in [9.17, 15) is 18.0 Å². The number of benzene rings is 2. The fourth-order valence-corrected chi connectivity index (χ4v) is 3.66. The Morgan fingerprint density at radius 1 is 1.16 bits per heavy atom. The van der Waals surface area contributed by atoms with E-state index >= 15 is 0 Å². The first-order valence-electron chi connectivity index (χ1n) is 10.00. The summed E-state index contributed by atoms with van der Waals surface area (Å²) in [6.45, 7) is 3.01. The quantitative estimate of drug-likeness (QED) is 0.651. The fraction of sp³-hybridized carbons (Fsp3) is 0.318. The van der Waals surface area contributed by atoms with E-state index in [4.69, 9.17) is 4.52 Å². The summed E-state index contributed by atoms with van der Waals surface area (Å²) in [6.07, 6.45) is 1.67. The van der Waals surface area contributed by atoms with E-state index in [-0.39, 0.29) is 23.3 Å². The van der Waals surface area contributed by atoms with Gasteiger partial charge in [-0.1, -0.05) is 5.16 Å². The molecule has 0 saturated carbocycles. The molecule has 4 rings (SSSR count). The van der Waals surface area contributed by atoms with Crippen molar-refractivity contribution in [3.05, 3.63) is 65.8 Å². The molecule has 0 spiro atoms. The van der Waals surface area contributed by atoms with Gasteiger partial charge in [0, 0.05) is 23.9 Å². The number of hydrogen-bond donors (Lipinski definition) is 1. The number of nitrogens with zero attached hydrogens (tertiary/aromatic N) is 3. The molecule has 1 aromatic heterocycles. The summed E-state index contributed by atoms with van der Waals surface area (Å²) in [7, 11) is 0. The van der Waals surface area contributed by atoms with Crippen molar-refractivity contribution in [2.24, 2.45) is 0 Å². The molecule has 9 heteroatoms. The Labute approximate surface area is 177 Å². The summed E-state index contributed by atoms with van der Waals surface area (Å²) < 4.78 is 45.0. The van der Waals surface area contributed by atoms with Gasteiger partial charge in [-0.05, 0) is 62.7 Å². The zero-order valence-electron chi connectivity index (χ0n) is 16.8. The van der Waals surface area contributed by atoms with Crippen molar-refractivity contribution in [1.82, 2.24) is 15.0 Å². The molecule has 6 nitrogen and oxygen atoms in total. The Hall–Kier alpha value is -3.20. The van der Waals surface area contributed by atoms with E-state index < -0.39 is 17.7 Å². The van der Waals surface area contributed by atoms with Crippen LogP contribution in [0.4, 0.5) is 18.9 Å². The molecule has 2 atom stereocenters. The summed E-state index contributed by atoms with van der Waals surface area (Å²) >= 11 is 0. The van der Waals surface area contributed by atoms with E-state index in [1.54, 1.807) is 19.1 Å². The molecule has 2 heterocycles. The highest BCUT2D eigenvalue weighted by molar-refractivity contribution is 5.94. The first-order chi connectivity index (χ1) is 14.9. The predicted octanol–water partition coefficient (Wildman–Crippen LogP) is 4.36. The second-order valence-electron chi connectivity index (χ2n) is 7.59. The van der Waals surface area contributed by atoms with Gasteiger partial charge in [-0.25, -0.2) is 13.2 Å². The van der Waals surface area contributed by atoms with Crippen molar-refractivity contribution in [3.8, 4) is 11.4 Å². The number of halogens is 3. The monoisotopic (exact) mass is 430 g/mol. The average Bonchev–Trinajstić information content (AvgIpc) is 3.27. The molecule has 3 aromatic rings. The first-order valence-corrected chi connectivity index (χ1v) is 10.00. The zero-order valence-corrected chi connectivity index (χ0v) is 16.8. The minimum absolute atomic E-state index is 0.0473. The minimum Gasteiger partial charge on any atom is -0.339 e. The summed E-state index contributed by atoms with van der Waals surface area (Å²) in [5.41, 5.74) is 0.855. The predicted molar refractivity (Wildman–Crippen MR) is 108 cm³/mol. The number of carbonyl (C=O) groups is 1. The minimum atomic E-state index is -1.02. The van der Waals surface area contributed by atoms with E-state index in [1.807, 2.05) is 4.90 Å². The average molecular weight is 430 g/mol. The van der Waals surface area contributed by atoms with E-state index in [0.29, 0.717) is 30.4 Å². The van der Waals surface area contributed by atoms with Crippen molar-refractivity contribution in [3.63, 3.8) is 0 Å². The summed E-state index contributed by atoms with van der Waals surface area (Å²) in [5.74, 6) is -1.83. The smallest absolute Gasteiger partial charge is 0.241 e. The highest BCUT2D eigenvalue weighted by atomic mass is 19.2. The standard InChI is InChI=1S/C22H21F3N4O2/c1-13(21(30)26-17-8-9-18(24)19(25)11-17)29-10-2-3-15(12-29)22-27-20(28-31-22)14-4-6-16(23)7-5-14/h4-9,11,13,15H,2-3,10,12H2,1H3,(H,26,30). The summed E-state index contributed by atoms with van der Waals surface area (Å²) in [4.78, 5) is 19.1. The highest BCUT2D eigenvalue weighted by Crippen LogP contribution is 2.29. The van der Waals surface area contributed by atoms with Crippen LogP contribution in [0.5, 0.6) is 0 Å². The maximum absolute atomic E-state index is 13.4. The topological polar surface area (TPSA) is 71.3 Å². The molecular weight excluding hydrogens is 409 g/mol. The Balaban J connectivity index is 1.41. The van der Waals surface area contributed by atoms with Crippen LogP contribution in [0.1, 0.15) is 31.6 Å². The number of likely N-dealkylation sites (tertiary alicyclic amines) is 1. The third-order valence-electron chi connectivity index (χ3n) is 5.46. The molecule has 2 unspecified atom stereocenters. The first kappa shape index (κ1) is 21.0. The molecule has 0 bridgehead atoms. The van der Waals surface area contributed by atoms with E-state index in [1.165, 1.54) is 18.2 Å². The lowest BCUT2D eigenvalue weighted by Crippen LogP contribution is -2.46. The number of anilines is 1. The summed E-state index contributed by atoms with van der Waals surface area (Å²) in [6, 6.07) is 8.59. The van der Waals surface area contributed by atoms with E-state index in [2.05, 4.69) is 15.5 Å². The Morgan fingerprint density at radius 2 is 1.94 bits per heavy atom. The van der Waals surface area contributed by atoms with Crippen LogP contribution in [0, 0.1) is 17.5 Å². The molecule has 1 N–H and O–H groups in total. The van der Waals surface area contributed by atoms with Crippen LogP contribution in [0.15, 0.2) is 47.0 Å². The molecule has 1 saturated heterocycles. The Bertz CT molecular complexity index is 1070. The van der Waals surface area contributed by atoms with Gasteiger partial charge >= 0.3 is 0 Å². The van der Waals surface area contributed by atoms with Crippen molar-refractivity contribution in [1.29, 1.82) is 0 Å². The molecule has 0 radical (unpaired) electrons. The lowest BCUT2D eigenvalue weighted by Gasteiger charge is -2.34. The van der Waals surface area contributed by atoms with Gasteiger partial charge in [0.15, 0.2) is 11.6 Å². The van der Waals surface area contributed by atoms with E-state index in [0.717, 1.165) is 25.0 Å². The van der Waals surface area contributed by atoms with Gasteiger partial charge in [-0.15, -0.1) is 0 Å². The molecule has 1 aliphatic rings. The second kappa shape index (κ2) is 8.89. The van der Waals surface area contributed by atoms with Gasteiger partial charge in [0.05, 0.1) is 12.0 Å². The number of rotatable bonds is 5. The highest BCUT2D eigenvalue weighted by Gasteiger charge is 2.31. The van der Waals surface area contributed by atoms with Crippen LogP contribution in [0.25, 0.3) is 11.4 Å². The number of nitrogens with one attached hydrogen (secondary N) is 1. The Morgan fingerprint density at radius 3 is 2.68 bits per heavy atom. The third-order valence-corrected chi connectivity index (χ3v) is 5.46. The fourth-order valence-electron chi connectivity index (χ4n) is 3.66. The molecule has 0 aliphatic carbocycles. The maximum atomic E-state index is 13.4. The van der Waals surface area contributed by atoms with Gasteiger partial charge < -0.3 is 9.84 Å². The molecule has 2 aromatic carbocycles. The van der Waals surface area contributed by atoms with Crippen LogP contribution in [0.3, 0.4) is 0 Å². The van der Waals surface area contributed by atoms with Crippen LogP contribution in [-0.4, -0.2) is 40.1 Å². The van der Waals surface area contributed by atoms with Crippen molar-refractivity contribution in [2.45, 2.75) is 31.7 Å². The molecule has 1 amide bonds. The largest absolute Gasteiger partial charge is 0.339 e. The number of hydrogen-bond acceptors (Lipinski definition) is 5. The Kier molecular flexibility index (Phi) is 6.03. The lowest BCUT2D eigenvalue weighted by molar-refractivity contribution is -0.121. The molecule has 31 heavy (non-hydrogen) atoms. The third kappa shape index (κ3) is 4.77. The molecule has 162 valence electrons. The van der Waals surface area contributed by atoms with Gasteiger partial charge in [0.1, 0.15) is 5.82 Å². The van der Waals surface area contributed by atoms with Crippen LogP contribution >= 0.6 is 0 Å². The molecular formula is C22H21F3N4O2. The molecule has 1 fully saturated rings. The van der Waals surface area contributed by atoms with Crippen LogP contribution < -0.4 is 5.32 Å². The SMILES string of the molecule is CC(C(=O)Nc1ccc(F)c(F)c1)N1CCCC(c2nc(-c3ccc(F)cc3)no2)C1. The van der Waals surface area contributed by atoms with Crippen molar-refractivity contribution < 1.29 is 22.5 Å². The van der Waals surface area contributed by atoms with Gasteiger partial charge in [0.25, 0.3) is 0 Å². The lowest BCUT2D eigenvalue weighted by atomic mass is 9.96. The maximum Gasteiger partial charge on any atom is 0.241 e. The summed E-state index contributed by atoms with van der Waals surface area (Å²) in [5, 5.41) is 6.62. The van der Waals surface area contributed by atoms with Crippen LogP contribution in [0.2, 0.25) is 0 Å². The second-order valence-corrected chi connectivity index (χ2v) is 7.59. The van der Waals surface area contributed by atoms with Gasteiger partial charge in [-0.3, -0.25) is 9.69 Å². The van der Waals surface area contributed by atoms with Crippen LogP contribution in [-0.2, 0) is 4.79 Å². The van der Waals surface area contributed by atoms with Gasteiger partial charge in [-0.2, -0.15) is 4.98 Å². The molecule has 1 aliphatic heterocycles. The number of amides is 1. The van der Waals surface area contributed by atoms with Gasteiger partial charge in [0.2, 0.25) is 17.6 Å². The number of carbonyl (C=O) groups excluding carboxylic acids is 1. The van der Waals surface area contributed by atoms with Crippen molar-refractivity contribution >= 4 is 11.6 Å². The number of aromatic nitrogens is 2. The van der Waals surface area contributed by atoms with Crippen molar-refractivity contribution in [2.75, 3.05) is 18.4 Å². The zero-order chi connectivity index (χ0) is 22.0. The number of piperidine rings is 1. The normalized spacial score (nSPS) is 18.0.